The fourth-order valence-corrected chi connectivity index (χ4v) is 2.11. The Morgan fingerprint density at radius 1 is 1.40 bits per heavy atom. The normalized spacial score (nSPS) is 10.9. The molecule has 1 aromatic rings. The third kappa shape index (κ3) is 5.57. The second kappa shape index (κ2) is 7.25. The lowest BCUT2D eigenvalue weighted by Crippen LogP contribution is -2.08. The Labute approximate surface area is 126 Å². The number of nitrogens with zero attached hydrogens (tertiary/aromatic N) is 2. The zero-order valence-corrected chi connectivity index (χ0v) is 13.1. The van der Waals surface area contributed by atoms with Crippen LogP contribution in [-0.2, 0) is 0 Å². The maximum Gasteiger partial charge on any atom is 0.274 e. The largest absolute Gasteiger partial charge is 0.493 e. The van der Waals surface area contributed by atoms with Gasteiger partial charge in [-0.05, 0) is 39.2 Å². The lowest BCUT2D eigenvalue weighted by Gasteiger charge is -2.14. The monoisotopic (exact) mass is 340 g/mol. The van der Waals surface area contributed by atoms with Gasteiger partial charge in [-0.2, -0.15) is 5.26 Å². The molecule has 6 heteroatoms. The molecular formula is C14H17BrN2O3. The number of hydrogen-bond acceptors (Lipinski definition) is 4. The quantitative estimate of drug-likeness (QED) is 0.417. The van der Waals surface area contributed by atoms with Crippen LogP contribution in [0.4, 0.5) is 5.69 Å². The highest BCUT2D eigenvalue weighted by molar-refractivity contribution is 9.10. The first-order valence-electron chi connectivity index (χ1n) is 6.33. The maximum absolute atomic E-state index is 10.7. The third-order valence-corrected chi connectivity index (χ3v) is 3.29. The van der Waals surface area contributed by atoms with E-state index in [0.29, 0.717) is 16.8 Å². The van der Waals surface area contributed by atoms with E-state index < -0.39 is 4.92 Å². The minimum absolute atomic E-state index is 0.0000103. The smallest absolute Gasteiger partial charge is 0.274 e. The second-order valence-electron chi connectivity index (χ2n) is 5.20. The summed E-state index contributed by atoms with van der Waals surface area (Å²) >= 11 is 3.22. The fourth-order valence-electron chi connectivity index (χ4n) is 1.65. The first-order chi connectivity index (χ1) is 9.34. The van der Waals surface area contributed by atoms with Crippen LogP contribution in [-0.4, -0.2) is 11.5 Å². The number of non-ortho nitro benzene ring substituents is 1. The van der Waals surface area contributed by atoms with Crippen LogP contribution in [0.5, 0.6) is 5.75 Å². The van der Waals surface area contributed by atoms with Gasteiger partial charge in [-0.15, -0.1) is 0 Å². The molecule has 20 heavy (non-hydrogen) atoms. The van der Waals surface area contributed by atoms with Crippen LogP contribution >= 0.6 is 15.9 Å². The summed E-state index contributed by atoms with van der Waals surface area (Å²) in [6.07, 6.45) is 2.51. The summed E-state index contributed by atoms with van der Waals surface area (Å²) < 4.78 is 6.13. The topological polar surface area (TPSA) is 76.2 Å². The molecule has 0 bridgehead atoms. The van der Waals surface area contributed by atoms with Crippen molar-refractivity contribution in [3.63, 3.8) is 0 Å². The fraction of sp³-hybridized carbons (Fsp3) is 0.500. The Morgan fingerprint density at radius 2 is 2.10 bits per heavy atom. The first kappa shape index (κ1) is 16.4. The summed E-state index contributed by atoms with van der Waals surface area (Å²) in [6.45, 7) is 4.30. The molecule has 0 saturated heterocycles. The summed E-state index contributed by atoms with van der Waals surface area (Å²) in [4.78, 5) is 10.3. The molecule has 108 valence electrons. The van der Waals surface area contributed by atoms with E-state index in [0.717, 1.165) is 19.3 Å². The summed E-state index contributed by atoms with van der Waals surface area (Å²) in [6, 6.07) is 6.80. The molecule has 0 aliphatic heterocycles. The molecule has 0 aromatic heterocycles. The van der Waals surface area contributed by atoms with E-state index in [2.05, 4.69) is 22.0 Å². The van der Waals surface area contributed by atoms with Crippen LogP contribution in [0, 0.1) is 26.9 Å². The number of nitro benzene ring substituents is 1. The molecular weight excluding hydrogens is 324 g/mol. The van der Waals surface area contributed by atoms with Gasteiger partial charge in [0.15, 0.2) is 0 Å². The van der Waals surface area contributed by atoms with E-state index >= 15 is 0 Å². The van der Waals surface area contributed by atoms with Crippen molar-refractivity contribution in [3.05, 3.63) is 32.8 Å². The van der Waals surface area contributed by atoms with Crippen LogP contribution in [0.15, 0.2) is 22.7 Å². The number of nitriles is 1. The molecule has 0 fully saturated rings. The molecule has 0 saturated carbocycles. The van der Waals surface area contributed by atoms with Crippen molar-refractivity contribution in [1.29, 1.82) is 5.26 Å². The van der Waals surface area contributed by atoms with Crippen LogP contribution in [0.2, 0.25) is 0 Å². The van der Waals surface area contributed by atoms with Gasteiger partial charge in [0.05, 0.1) is 29.1 Å². The number of halogens is 1. The molecule has 0 amide bonds. The highest BCUT2D eigenvalue weighted by atomic mass is 79.9. The summed E-state index contributed by atoms with van der Waals surface area (Å²) in [5, 5.41) is 19.6. The molecule has 0 radical (unpaired) electrons. The van der Waals surface area contributed by atoms with Gasteiger partial charge in [0, 0.05) is 10.5 Å². The number of hydrogen-bond donors (Lipinski definition) is 0. The van der Waals surface area contributed by atoms with Gasteiger partial charge in [0.1, 0.15) is 5.75 Å². The minimum atomic E-state index is -0.451. The predicted molar refractivity (Wildman–Crippen MR) is 79.5 cm³/mol. The Balaban J connectivity index is 2.43. The number of rotatable bonds is 7. The van der Waals surface area contributed by atoms with Crippen LogP contribution in [0.3, 0.4) is 0 Å². The van der Waals surface area contributed by atoms with Crippen molar-refractivity contribution in [2.75, 3.05) is 6.61 Å². The maximum atomic E-state index is 10.7. The van der Waals surface area contributed by atoms with Gasteiger partial charge in [-0.3, -0.25) is 10.1 Å². The van der Waals surface area contributed by atoms with E-state index in [1.54, 1.807) is 6.07 Å². The molecule has 5 nitrogen and oxygen atoms in total. The zero-order valence-electron chi connectivity index (χ0n) is 11.6. The van der Waals surface area contributed by atoms with E-state index in [1.807, 2.05) is 13.8 Å². The highest BCUT2D eigenvalue weighted by Crippen LogP contribution is 2.26. The van der Waals surface area contributed by atoms with E-state index in [4.69, 9.17) is 10.00 Å². The second-order valence-corrected chi connectivity index (χ2v) is 6.12. The number of nitro groups is 1. The van der Waals surface area contributed by atoms with Crippen molar-refractivity contribution in [3.8, 4) is 11.8 Å². The molecule has 0 N–H and O–H groups in total. The first-order valence-corrected chi connectivity index (χ1v) is 7.12. The molecule has 1 rings (SSSR count). The summed E-state index contributed by atoms with van der Waals surface area (Å²) in [5.41, 5.74) is -0.311. The van der Waals surface area contributed by atoms with Gasteiger partial charge < -0.3 is 4.74 Å². The van der Waals surface area contributed by atoms with E-state index in [-0.39, 0.29) is 11.1 Å². The Morgan fingerprint density at radius 3 is 2.70 bits per heavy atom. The Kier molecular flexibility index (Phi) is 5.96. The number of unbranched alkanes of at least 4 members (excludes halogenated alkanes) is 1. The van der Waals surface area contributed by atoms with Crippen LogP contribution in [0.25, 0.3) is 0 Å². The lowest BCUT2D eigenvalue weighted by atomic mass is 9.89. The predicted octanol–water partition coefficient (Wildman–Crippen LogP) is 4.46. The molecule has 1 aromatic carbocycles. The Hall–Kier alpha value is -1.61. The van der Waals surface area contributed by atoms with Crippen molar-refractivity contribution in [1.82, 2.24) is 0 Å². The molecule has 0 atom stereocenters. The highest BCUT2D eigenvalue weighted by Gasteiger charge is 2.15. The van der Waals surface area contributed by atoms with Crippen molar-refractivity contribution >= 4 is 21.6 Å². The molecule has 0 aliphatic rings. The van der Waals surface area contributed by atoms with Crippen LogP contribution < -0.4 is 4.74 Å². The van der Waals surface area contributed by atoms with Crippen molar-refractivity contribution < 1.29 is 9.66 Å². The molecule has 0 aliphatic carbocycles. The minimum Gasteiger partial charge on any atom is -0.493 e. The van der Waals surface area contributed by atoms with Gasteiger partial charge in [-0.25, -0.2) is 0 Å². The lowest BCUT2D eigenvalue weighted by molar-refractivity contribution is -0.385. The zero-order chi connectivity index (χ0) is 15.2. The van der Waals surface area contributed by atoms with Gasteiger partial charge in [0.2, 0.25) is 0 Å². The van der Waals surface area contributed by atoms with Gasteiger partial charge in [0.25, 0.3) is 5.69 Å². The standard InChI is InChI=1S/C14H17BrN2O3/c1-14(2,10-16)5-3-4-6-20-13-8-11(15)7-12(9-13)17(18)19/h7-9H,3-6H2,1-2H3. The third-order valence-electron chi connectivity index (χ3n) is 2.83. The SMILES string of the molecule is CC(C)(C#N)CCCCOc1cc(Br)cc([N+](=O)[O-])c1. The average Bonchev–Trinajstić information content (AvgIpc) is 2.37. The van der Waals surface area contributed by atoms with E-state index in [9.17, 15) is 10.1 Å². The van der Waals surface area contributed by atoms with Crippen molar-refractivity contribution in [2.45, 2.75) is 33.1 Å². The average molecular weight is 341 g/mol. The summed E-state index contributed by atoms with van der Waals surface area (Å²) in [5.74, 6) is 0.477. The number of ether oxygens (including phenoxy) is 1. The van der Waals surface area contributed by atoms with E-state index in [1.165, 1.54) is 12.1 Å². The van der Waals surface area contributed by atoms with Crippen LogP contribution in [0.1, 0.15) is 33.1 Å². The molecule has 0 unspecified atom stereocenters. The van der Waals surface area contributed by atoms with Gasteiger partial charge >= 0.3 is 0 Å². The number of benzene rings is 1. The Bertz CT molecular complexity index is 524. The van der Waals surface area contributed by atoms with Gasteiger partial charge in [-0.1, -0.05) is 15.9 Å². The molecule has 0 heterocycles. The van der Waals surface area contributed by atoms with Crippen molar-refractivity contribution in [2.24, 2.45) is 5.41 Å². The molecule has 0 spiro atoms. The summed E-state index contributed by atoms with van der Waals surface area (Å²) in [7, 11) is 0.